The number of imidazole rings is 2. The van der Waals surface area contributed by atoms with Gasteiger partial charge in [-0.05, 0) is 41.8 Å². The van der Waals surface area contributed by atoms with Crippen LogP contribution in [-0.4, -0.2) is 36.7 Å². The van der Waals surface area contributed by atoms with Crippen LogP contribution in [0.25, 0.3) is 32.8 Å². The second-order valence-electron chi connectivity index (χ2n) is 7.74. The van der Waals surface area contributed by atoms with Crippen molar-refractivity contribution < 1.29 is 9.59 Å². The first-order valence-corrected chi connectivity index (χ1v) is 10.5. The Labute approximate surface area is 192 Å². The Morgan fingerprint density at radius 2 is 1.35 bits per heavy atom. The number of nitrogens with one attached hydrogen (secondary N) is 4. The molecule has 2 amide bonds. The van der Waals surface area contributed by atoms with Crippen molar-refractivity contribution in [2.75, 3.05) is 10.6 Å². The van der Waals surface area contributed by atoms with Crippen molar-refractivity contribution in [3.63, 3.8) is 0 Å². The van der Waals surface area contributed by atoms with E-state index in [0.717, 1.165) is 21.8 Å². The number of hydrogen-bond acceptors (Lipinski definition) is 5. The summed E-state index contributed by atoms with van der Waals surface area (Å²) < 4.78 is 0. The molecule has 0 spiro atoms. The molecule has 3 aromatic carbocycles. The molecule has 0 aliphatic rings. The standard InChI is InChI=1S/C25H17N7O2/c33-22(31-24-27-17-7-3-4-8-18(17)28-24)15-9-10-19-20(12-15)30-25(29-19)32-23(34)21-11-14-5-1-2-6-16(14)13-26-21/h1-13H,(H2,27,28,31,33)(H2,29,30,32,34). The number of nitrogens with zero attached hydrogens (tertiary/aromatic N) is 3. The summed E-state index contributed by atoms with van der Waals surface area (Å²) in [6.07, 6.45) is 1.66. The van der Waals surface area contributed by atoms with Crippen LogP contribution < -0.4 is 10.6 Å². The van der Waals surface area contributed by atoms with Crippen LogP contribution in [0.5, 0.6) is 0 Å². The number of H-pyrrole nitrogens is 2. The van der Waals surface area contributed by atoms with E-state index in [1.54, 1.807) is 30.5 Å². The highest BCUT2D eigenvalue weighted by Gasteiger charge is 2.14. The van der Waals surface area contributed by atoms with Crippen molar-refractivity contribution in [3.8, 4) is 0 Å². The lowest BCUT2D eigenvalue weighted by Gasteiger charge is -2.03. The molecule has 3 heterocycles. The summed E-state index contributed by atoms with van der Waals surface area (Å²) in [5.74, 6) is -0.0727. The predicted octanol–water partition coefficient (Wildman–Crippen LogP) is 4.49. The van der Waals surface area contributed by atoms with Gasteiger partial charge >= 0.3 is 0 Å². The third-order valence-electron chi connectivity index (χ3n) is 5.46. The Morgan fingerprint density at radius 1 is 0.676 bits per heavy atom. The number of pyridine rings is 1. The average molecular weight is 447 g/mol. The number of aromatic nitrogens is 5. The Bertz CT molecular complexity index is 1680. The van der Waals surface area contributed by atoms with E-state index in [1.807, 2.05) is 48.5 Å². The maximum absolute atomic E-state index is 12.7. The summed E-state index contributed by atoms with van der Waals surface area (Å²) in [6.45, 7) is 0. The van der Waals surface area contributed by atoms with Gasteiger partial charge in [-0.2, -0.15) is 0 Å². The van der Waals surface area contributed by atoms with Crippen LogP contribution in [-0.2, 0) is 0 Å². The maximum atomic E-state index is 12.7. The van der Waals surface area contributed by atoms with Crippen molar-refractivity contribution in [2.24, 2.45) is 0 Å². The van der Waals surface area contributed by atoms with E-state index >= 15 is 0 Å². The fourth-order valence-electron chi connectivity index (χ4n) is 3.78. The van der Waals surface area contributed by atoms with Gasteiger partial charge in [-0.15, -0.1) is 0 Å². The quantitative estimate of drug-likeness (QED) is 0.316. The number of para-hydroxylation sites is 2. The van der Waals surface area contributed by atoms with Crippen LogP contribution in [0.4, 0.5) is 11.9 Å². The number of hydrogen-bond donors (Lipinski definition) is 4. The Balaban J connectivity index is 1.21. The molecule has 0 aliphatic heterocycles. The third kappa shape index (κ3) is 3.61. The summed E-state index contributed by atoms with van der Waals surface area (Å²) in [6, 6.07) is 22.0. The molecule has 3 aromatic heterocycles. The minimum atomic E-state index is -0.382. The van der Waals surface area contributed by atoms with Crippen molar-refractivity contribution in [2.45, 2.75) is 0 Å². The van der Waals surface area contributed by atoms with E-state index in [0.29, 0.717) is 22.5 Å². The summed E-state index contributed by atoms with van der Waals surface area (Å²) in [7, 11) is 0. The van der Waals surface area contributed by atoms with E-state index in [2.05, 4.69) is 35.6 Å². The zero-order valence-electron chi connectivity index (χ0n) is 17.7. The molecule has 0 radical (unpaired) electrons. The maximum Gasteiger partial charge on any atom is 0.276 e. The molecule has 0 fully saturated rings. The normalized spacial score (nSPS) is 11.2. The van der Waals surface area contributed by atoms with Crippen molar-refractivity contribution >= 4 is 56.6 Å². The second kappa shape index (κ2) is 7.82. The molecule has 4 N–H and O–H groups in total. The molecule has 0 atom stereocenters. The number of anilines is 2. The number of benzene rings is 3. The van der Waals surface area contributed by atoms with Crippen molar-refractivity contribution in [1.29, 1.82) is 0 Å². The topological polar surface area (TPSA) is 128 Å². The average Bonchev–Trinajstić information content (AvgIpc) is 3.45. The number of amides is 2. The number of rotatable bonds is 4. The summed E-state index contributed by atoms with van der Waals surface area (Å²) in [5, 5.41) is 7.38. The molecule has 0 bridgehead atoms. The van der Waals surface area contributed by atoms with Crippen LogP contribution in [0.1, 0.15) is 20.8 Å². The van der Waals surface area contributed by atoms with Crippen LogP contribution in [0.3, 0.4) is 0 Å². The lowest BCUT2D eigenvalue weighted by atomic mass is 10.1. The molecule has 9 nitrogen and oxygen atoms in total. The van der Waals surface area contributed by atoms with Gasteiger partial charge in [0.05, 0.1) is 22.1 Å². The molecule has 0 aliphatic carbocycles. The first-order valence-electron chi connectivity index (χ1n) is 10.5. The van der Waals surface area contributed by atoms with E-state index in [1.165, 1.54) is 0 Å². The highest BCUT2D eigenvalue weighted by atomic mass is 16.2. The second-order valence-corrected chi connectivity index (χ2v) is 7.74. The Hall–Kier alpha value is -5.05. The van der Waals surface area contributed by atoms with Crippen molar-refractivity contribution in [3.05, 3.63) is 90.3 Å². The zero-order chi connectivity index (χ0) is 23.1. The van der Waals surface area contributed by atoms with Gasteiger partial charge in [0.1, 0.15) is 5.69 Å². The molecule has 6 aromatic rings. The van der Waals surface area contributed by atoms with Gasteiger partial charge in [0.25, 0.3) is 11.8 Å². The highest BCUT2D eigenvalue weighted by Crippen LogP contribution is 2.19. The van der Waals surface area contributed by atoms with Gasteiger partial charge in [-0.25, -0.2) is 9.97 Å². The molecule has 0 saturated heterocycles. The fraction of sp³-hybridized carbons (Fsp3) is 0. The van der Waals surface area contributed by atoms with E-state index in [9.17, 15) is 9.59 Å². The number of carbonyl (C=O) groups is 2. The molecular weight excluding hydrogens is 430 g/mol. The number of carbonyl (C=O) groups excluding carboxylic acids is 2. The van der Waals surface area contributed by atoms with Gasteiger partial charge in [0.15, 0.2) is 0 Å². The van der Waals surface area contributed by atoms with Gasteiger partial charge < -0.3 is 9.97 Å². The highest BCUT2D eigenvalue weighted by molar-refractivity contribution is 6.07. The lowest BCUT2D eigenvalue weighted by Crippen LogP contribution is -2.14. The van der Waals surface area contributed by atoms with E-state index in [4.69, 9.17) is 0 Å². The Kier molecular flexibility index (Phi) is 4.51. The summed E-state index contributed by atoms with van der Waals surface area (Å²) >= 11 is 0. The van der Waals surface area contributed by atoms with Crippen LogP contribution >= 0.6 is 0 Å². The minimum Gasteiger partial charge on any atom is -0.324 e. The SMILES string of the molecule is O=C(Nc1nc2ccccc2[nH]1)c1ccc2[nH]c(NC(=O)c3cc4ccccc4cn3)nc2c1. The third-order valence-corrected chi connectivity index (χ3v) is 5.46. The first kappa shape index (κ1) is 19.6. The number of fused-ring (bicyclic) bond motifs is 3. The van der Waals surface area contributed by atoms with Gasteiger partial charge in [0, 0.05) is 17.1 Å². The van der Waals surface area contributed by atoms with Gasteiger partial charge in [0.2, 0.25) is 11.9 Å². The smallest absolute Gasteiger partial charge is 0.276 e. The van der Waals surface area contributed by atoms with E-state index < -0.39 is 0 Å². The van der Waals surface area contributed by atoms with E-state index in [-0.39, 0.29) is 23.5 Å². The molecule has 0 unspecified atom stereocenters. The molecule has 164 valence electrons. The zero-order valence-corrected chi connectivity index (χ0v) is 17.7. The number of aromatic amines is 2. The Morgan fingerprint density at radius 3 is 2.18 bits per heavy atom. The molecule has 9 heteroatoms. The van der Waals surface area contributed by atoms with Crippen LogP contribution in [0, 0.1) is 0 Å². The van der Waals surface area contributed by atoms with Gasteiger partial charge in [-0.1, -0.05) is 36.4 Å². The molecule has 0 saturated carbocycles. The monoisotopic (exact) mass is 447 g/mol. The van der Waals surface area contributed by atoms with Gasteiger partial charge in [-0.3, -0.25) is 25.2 Å². The summed E-state index contributed by atoms with van der Waals surface area (Å²) in [4.78, 5) is 44.5. The lowest BCUT2D eigenvalue weighted by molar-refractivity contribution is 0.101. The van der Waals surface area contributed by atoms with Crippen molar-refractivity contribution in [1.82, 2.24) is 24.9 Å². The van der Waals surface area contributed by atoms with Crippen LogP contribution in [0.2, 0.25) is 0 Å². The van der Waals surface area contributed by atoms with Crippen LogP contribution in [0.15, 0.2) is 79.0 Å². The summed E-state index contributed by atoms with van der Waals surface area (Å²) in [5.41, 5.74) is 3.52. The fourth-order valence-corrected chi connectivity index (χ4v) is 3.78. The first-order chi connectivity index (χ1) is 16.6. The largest absolute Gasteiger partial charge is 0.324 e. The molecule has 34 heavy (non-hydrogen) atoms. The predicted molar refractivity (Wildman–Crippen MR) is 130 cm³/mol. The molecular formula is C25H17N7O2. The molecule has 6 rings (SSSR count). The minimum absolute atomic E-state index is 0.268.